The average Bonchev–Trinajstić information content (AvgIpc) is 2.83. The van der Waals surface area contributed by atoms with Crippen molar-refractivity contribution in [2.75, 3.05) is 19.7 Å². The largest absolute Gasteiger partial charge is 0.384 e. The average molecular weight is 275 g/mol. The summed E-state index contributed by atoms with van der Waals surface area (Å²) in [4.78, 5) is 2.39. The first-order chi connectivity index (χ1) is 9.71. The highest BCUT2D eigenvalue weighted by molar-refractivity contribution is 5.37. The Hall–Kier alpha value is -1.37. The quantitative estimate of drug-likeness (QED) is 0.854. The Morgan fingerprint density at radius 2 is 2.25 bits per heavy atom. The number of aliphatic hydroxyl groups is 1. The zero-order valence-electron chi connectivity index (χ0n) is 12.0. The van der Waals surface area contributed by atoms with E-state index in [2.05, 4.69) is 23.7 Å². The van der Waals surface area contributed by atoms with Crippen molar-refractivity contribution in [3.63, 3.8) is 0 Å². The molecule has 0 radical (unpaired) electrons. The normalized spacial score (nSPS) is 18.9. The first kappa shape index (κ1) is 15.0. The second kappa shape index (κ2) is 7.42. The molecular weight excluding hydrogens is 253 g/mol. The van der Waals surface area contributed by atoms with Crippen molar-refractivity contribution in [2.45, 2.75) is 32.7 Å². The van der Waals surface area contributed by atoms with E-state index in [1.165, 1.54) is 25.3 Å². The molecule has 1 aromatic rings. The first-order valence-corrected chi connectivity index (χ1v) is 7.32. The molecule has 1 unspecified atom stereocenters. The number of nitrogens with zero attached hydrogens (tertiary/aromatic N) is 1. The molecule has 1 aliphatic heterocycles. The molecular formula is C17H22FNO. The molecule has 1 saturated heterocycles. The monoisotopic (exact) mass is 275 g/mol. The van der Waals surface area contributed by atoms with E-state index in [1.54, 1.807) is 6.07 Å². The molecule has 0 saturated carbocycles. The molecule has 1 aliphatic rings. The van der Waals surface area contributed by atoms with Gasteiger partial charge in [0.25, 0.3) is 0 Å². The van der Waals surface area contributed by atoms with Crippen molar-refractivity contribution in [3.8, 4) is 11.8 Å². The zero-order valence-corrected chi connectivity index (χ0v) is 12.0. The lowest BCUT2D eigenvalue weighted by Crippen LogP contribution is -2.20. The van der Waals surface area contributed by atoms with E-state index >= 15 is 0 Å². The number of benzene rings is 1. The molecule has 3 heteroatoms. The van der Waals surface area contributed by atoms with E-state index in [-0.39, 0.29) is 12.4 Å². The Morgan fingerprint density at radius 3 is 3.00 bits per heavy atom. The minimum Gasteiger partial charge on any atom is -0.384 e. The summed E-state index contributed by atoms with van der Waals surface area (Å²) in [6.45, 7) is 5.02. The second-order valence-corrected chi connectivity index (χ2v) is 5.49. The minimum atomic E-state index is -0.256. The molecule has 2 rings (SSSR count). The summed E-state index contributed by atoms with van der Waals surface area (Å²) in [7, 11) is 0. The summed E-state index contributed by atoms with van der Waals surface area (Å²) in [5.74, 6) is 5.87. The van der Waals surface area contributed by atoms with Crippen LogP contribution in [0.25, 0.3) is 0 Å². The van der Waals surface area contributed by atoms with Gasteiger partial charge in [-0.1, -0.05) is 25.2 Å². The summed E-state index contributed by atoms with van der Waals surface area (Å²) in [6.07, 6.45) is 3.77. The van der Waals surface area contributed by atoms with Gasteiger partial charge in [-0.05, 0) is 49.1 Å². The van der Waals surface area contributed by atoms with E-state index < -0.39 is 0 Å². The van der Waals surface area contributed by atoms with Crippen molar-refractivity contribution < 1.29 is 9.50 Å². The van der Waals surface area contributed by atoms with Crippen molar-refractivity contribution in [2.24, 2.45) is 5.92 Å². The third-order valence-corrected chi connectivity index (χ3v) is 3.74. The Bertz CT molecular complexity index is 503. The van der Waals surface area contributed by atoms with Gasteiger partial charge in [0.15, 0.2) is 0 Å². The molecule has 1 N–H and O–H groups in total. The molecule has 1 atom stereocenters. The van der Waals surface area contributed by atoms with Gasteiger partial charge in [-0.25, -0.2) is 4.39 Å². The van der Waals surface area contributed by atoms with Crippen LogP contribution in [0.4, 0.5) is 4.39 Å². The van der Waals surface area contributed by atoms with Crippen LogP contribution < -0.4 is 0 Å². The maximum absolute atomic E-state index is 13.6. The van der Waals surface area contributed by atoms with Gasteiger partial charge in [-0.3, -0.25) is 4.90 Å². The predicted octanol–water partition coefficient (Wildman–Crippen LogP) is 2.79. The SMILES string of the molecule is CCCC1CCN(Cc2cc(F)cc(C#CCO)c2)C1. The van der Waals surface area contributed by atoms with Crippen LogP contribution in [0.2, 0.25) is 0 Å². The zero-order chi connectivity index (χ0) is 14.4. The van der Waals surface area contributed by atoms with Crippen molar-refractivity contribution in [1.82, 2.24) is 4.90 Å². The summed E-state index contributed by atoms with van der Waals surface area (Å²) < 4.78 is 13.6. The highest BCUT2D eigenvalue weighted by atomic mass is 19.1. The van der Waals surface area contributed by atoms with Gasteiger partial charge in [0.1, 0.15) is 12.4 Å². The summed E-state index contributed by atoms with van der Waals surface area (Å²) >= 11 is 0. The van der Waals surface area contributed by atoms with Crippen LogP contribution in [0, 0.1) is 23.6 Å². The number of hydrogen-bond donors (Lipinski definition) is 1. The van der Waals surface area contributed by atoms with Crippen LogP contribution in [0.15, 0.2) is 18.2 Å². The Morgan fingerprint density at radius 1 is 1.40 bits per heavy atom. The summed E-state index contributed by atoms with van der Waals surface area (Å²) in [6, 6.07) is 4.91. The fourth-order valence-corrected chi connectivity index (χ4v) is 2.91. The highest BCUT2D eigenvalue weighted by Gasteiger charge is 2.21. The summed E-state index contributed by atoms with van der Waals surface area (Å²) in [5, 5.41) is 8.70. The Labute approximate surface area is 120 Å². The number of halogens is 1. The molecule has 0 amide bonds. The van der Waals surface area contributed by atoms with Gasteiger partial charge < -0.3 is 5.11 Å². The van der Waals surface area contributed by atoms with Crippen LogP contribution in [0.5, 0.6) is 0 Å². The molecule has 1 heterocycles. The number of rotatable bonds is 4. The van der Waals surface area contributed by atoms with E-state index in [0.717, 1.165) is 31.1 Å². The molecule has 0 aromatic heterocycles. The number of likely N-dealkylation sites (tertiary alicyclic amines) is 1. The van der Waals surface area contributed by atoms with Crippen LogP contribution in [0.1, 0.15) is 37.3 Å². The fourth-order valence-electron chi connectivity index (χ4n) is 2.91. The molecule has 1 aromatic carbocycles. The van der Waals surface area contributed by atoms with E-state index in [1.807, 2.05) is 6.07 Å². The maximum Gasteiger partial charge on any atom is 0.124 e. The van der Waals surface area contributed by atoms with Crippen molar-refractivity contribution >= 4 is 0 Å². The third-order valence-electron chi connectivity index (χ3n) is 3.74. The van der Waals surface area contributed by atoms with Crippen LogP contribution in [0.3, 0.4) is 0 Å². The van der Waals surface area contributed by atoms with E-state index in [0.29, 0.717) is 5.56 Å². The lowest BCUT2D eigenvalue weighted by molar-refractivity contribution is 0.312. The lowest BCUT2D eigenvalue weighted by Gasteiger charge is -2.16. The Kier molecular flexibility index (Phi) is 5.58. The van der Waals surface area contributed by atoms with Gasteiger partial charge in [0, 0.05) is 18.7 Å². The van der Waals surface area contributed by atoms with Crippen molar-refractivity contribution in [3.05, 3.63) is 35.1 Å². The molecule has 108 valence electrons. The van der Waals surface area contributed by atoms with Crippen molar-refractivity contribution in [1.29, 1.82) is 0 Å². The van der Waals surface area contributed by atoms with Crippen LogP contribution in [-0.2, 0) is 6.54 Å². The first-order valence-electron chi connectivity index (χ1n) is 7.32. The molecule has 20 heavy (non-hydrogen) atoms. The molecule has 1 fully saturated rings. The third kappa shape index (κ3) is 4.33. The van der Waals surface area contributed by atoms with Gasteiger partial charge >= 0.3 is 0 Å². The molecule has 0 spiro atoms. The highest BCUT2D eigenvalue weighted by Crippen LogP contribution is 2.23. The fraction of sp³-hybridized carbons (Fsp3) is 0.529. The standard InChI is InChI=1S/C17H22FNO/c1-2-4-14-6-7-19(12-14)13-16-9-15(5-3-8-20)10-17(18)11-16/h9-11,14,20H,2,4,6-8,12-13H2,1H3. The van der Waals surface area contributed by atoms with Crippen LogP contribution in [-0.4, -0.2) is 29.7 Å². The molecule has 2 nitrogen and oxygen atoms in total. The van der Waals surface area contributed by atoms with Gasteiger partial charge in [0.2, 0.25) is 0 Å². The van der Waals surface area contributed by atoms with Crippen LogP contribution >= 0.6 is 0 Å². The Balaban J connectivity index is 2.01. The van der Waals surface area contributed by atoms with Gasteiger partial charge in [-0.2, -0.15) is 0 Å². The minimum absolute atomic E-state index is 0.198. The smallest absolute Gasteiger partial charge is 0.124 e. The number of hydrogen-bond acceptors (Lipinski definition) is 2. The van der Waals surface area contributed by atoms with E-state index in [9.17, 15) is 4.39 Å². The number of aliphatic hydroxyl groups excluding tert-OH is 1. The second-order valence-electron chi connectivity index (χ2n) is 5.49. The molecule has 0 bridgehead atoms. The molecule has 0 aliphatic carbocycles. The lowest BCUT2D eigenvalue weighted by atomic mass is 10.0. The topological polar surface area (TPSA) is 23.5 Å². The van der Waals surface area contributed by atoms with Gasteiger partial charge in [-0.15, -0.1) is 0 Å². The van der Waals surface area contributed by atoms with E-state index in [4.69, 9.17) is 5.11 Å². The predicted molar refractivity (Wildman–Crippen MR) is 78.7 cm³/mol. The maximum atomic E-state index is 13.6. The summed E-state index contributed by atoms with van der Waals surface area (Å²) in [5.41, 5.74) is 1.60. The van der Waals surface area contributed by atoms with Gasteiger partial charge in [0.05, 0.1) is 0 Å².